The van der Waals surface area contributed by atoms with E-state index in [-0.39, 0.29) is 5.91 Å². The Bertz CT molecular complexity index is 1230. The van der Waals surface area contributed by atoms with Crippen LogP contribution in [0.2, 0.25) is 5.02 Å². The second kappa shape index (κ2) is 8.79. The third-order valence-corrected chi connectivity index (χ3v) is 7.10. The summed E-state index contributed by atoms with van der Waals surface area (Å²) in [5, 5.41) is 5.86. The molecule has 5 rings (SSSR count). The minimum atomic E-state index is 0.0712. The maximum atomic E-state index is 13.8. The van der Waals surface area contributed by atoms with Crippen molar-refractivity contribution in [2.45, 2.75) is 9.92 Å². The van der Waals surface area contributed by atoms with Crippen molar-refractivity contribution in [3.8, 4) is 5.69 Å². The number of nitrogens with zero attached hydrogens (tertiary/aromatic N) is 2. The van der Waals surface area contributed by atoms with E-state index in [1.54, 1.807) is 11.8 Å². The van der Waals surface area contributed by atoms with Crippen LogP contribution in [-0.4, -0.2) is 41.6 Å². The first-order valence-corrected chi connectivity index (χ1v) is 11.5. The lowest BCUT2D eigenvalue weighted by Crippen LogP contribution is -2.46. The summed E-state index contributed by atoms with van der Waals surface area (Å²) >= 11 is 8.07. The van der Waals surface area contributed by atoms with Gasteiger partial charge >= 0.3 is 0 Å². The smallest absolute Gasteiger partial charge is 0.257 e. The van der Waals surface area contributed by atoms with Crippen LogP contribution in [-0.2, 0) is 0 Å². The van der Waals surface area contributed by atoms with E-state index < -0.39 is 0 Å². The molecule has 1 aliphatic heterocycles. The number of carbonyl (C=O) groups excluding carboxylic acids is 1. The molecule has 31 heavy (non-hydrogen) atoms. The van der Waals surface area contributed by atoms with Gasteiger partial charge in [0.2, 0.25) is 0 Å². The van der Waals surface area contributed by atoms with Crippen LogP contribution in [0.5, 0.6) is 0 Å². The van der Waals surface area contributed by atoms with Gasteiger partial charge in [0.1, 0.15) is 0 Å². The highest BCUT2D eigenvalue weighted by molar-refractivity contribution is 7.99. The van der Waals surface area contributed by atoms with Crippen molar-refractivity contribution in [2.75, 3.05) is 26.2 Å². The molecule has 1 N–H and O–H groups in total. The zero-order valence-corrected chi connectivity index (χ0v) is 18.5. The van der Waals surface area contributed by atoms with Crippen molar-refractivity contribution in [1.82, 2.24) is 14.8 Å². The molecule has 0 unspecified atom stereocenters. The number of hydrogen-bond donors (Lipinski definition) is 1. The van der Waals surface area contributed by atoms with Gasteiger partial charge in [0.25, 0.3) is 5.91 Å². The summed E-state index contributed by atoms with van der Waals surface area (Å²) in [6.45, 7) is 3.05. The molecule has 0 aliphatic carbocycles. The fourth-order valence-electron chi connectivity index (χ4n) is 4.01. The van der Waals surface area contributed by atoms with Gasteiger partial charge in [-0.15, -0.1) is 0 Å². The zero-order valence-electron chi connectivity index (χ0n) is 16.9. The normalized spacial score (nSPS) is 14.2. The van der Waals surface area contributed by atoms with Crippen molar-refractivity contribution in [2.24, 2.45) is 0 Å². The van der Waals surface area contributed by atoms with Gasteiger partial charge in [-0.2, -0.15) is 0 Å². The lowest BCUT2D eigenvalue weighted by Gasteiger charge is -2.27. The Morgan fingerprint density at radius 2 is 1.55 bits per heavy atom. The lowest BCUT2D eigenvalue weighted by atomic mass is 10.1. The molecule has 4 aromatic rings. The van der Waals surface area contributed by atoms with Crippen LogP contribution in [0.4, 0.5) is 0 Å². The first kappa shape index (κ1) is 20.2. The second-order valence-electron chi connectivity index (χ2n) is 7.44. The van der Waals surface area contributed by atoms with E-state index in [0.717, 1.165) is 45.2 Å². The number of aromatic nitrogens is 1. The third kappa shape index (κ3) is 3.85. The van der Waals surface area contributed by atoms with Crippen LogP contribution in [0.3, 0.4) is 0 Å². The average Bonchev–Trinajstić information content (AvgIpc) is 3.15. The minimum absolute atomic E-state index is 0.0712. The summed E-state index contributed by atoms with van der Waals surface area (Å²) in [5.41, 5.74) is 2.78. The number of benzene rings is 3. The number of nitrogens with one attached hydrogen (secondary N) is 1. The van der Waals surface area contributed by atoms with E-state index >= 15 is 0 Å². The molecule has 3 aromatic carbocycles. The van der Waals surface area contributed by atoms with Crippen molar-refractivity contribution in [3.05, 3.63) is 89.4 Å². The maximum Gasteiger partial charge on any atom is 0.257 e. The van der Waals surface area contributed by atoms with Crippen LogP contribution in [0.15, 0.2) is 88.8 Å². The molecule has 1 saturated heterocycles. The molecule has 156 valence electrons. The van der Waals surface area contributed by atoms with Gasteiger partial charge in [0.15, 0.2) is 0 Å². The predicted octanol–water partition coefficient (Wildman–Crippen LogP) is 5.48. The number of amides is 1. The molecular weight excluding hydrogens is 426 g/mol. The van der Waals surface area contributed by atoms with E-state index in [1.165, 1.54) is 0 Å². The first-order chi connectivity index (χ1) is 15.2. The van der Waals surface area contributed by atoms with Crippen LogP contribution < -0.4 is 5.32 Å². The average molecular weight is 448 g/mol. The van der Waals surface area contributed by atoms with Crippen LogP contribution >= 0.6 is 23.4 Å². The van der Waals surface area contributed by atoms with E-state index in [2.05, 4.69) is 28.1 Å². The third-order valence-electron chi connectivity index (χ3n) is 5.51. The number of halogens is 1. The highest BCUT2D eigenvalue weighted by Crippen LogP contribution is 2.42. The summed E-state index contributed by atoms with van der Waals surface area (Å²) in [6, 6.07) is 26.1. The highest BCUT2D eigenvalue weighted by atomic mass is 35.5. The van der Waals surface area contributed by atoms with Crippen LogP contribution in [0.1, 0.15) is 10.4 Å². The molecule has 0 bridgehead atoms. The Hall–Kier alpha value is -2.73. The lowest BCUT2D eigenvalue weighted by molar-refractivity contribution is 0.0734. The second-order valence-corrected chi connectivity index (χ2v) is 8.88. The Morgan fingerprint density at radius 1 is 0.871 bits per heavy atom. The van der Waals surface area contributed by atoms with Crippen molar-refractivity contribution in [1.29, 1.82) is 0 Å². The molecule has 0 saturated carbocycles. The van der Waals surface area contributed by atoms with E-state index in [0.29, 0.717) is 18.1 Å². The summed E-state index contributed by atoms with van der Waals surface area (Å²) in [5.74, 6) is 0.0712. The van der Waals surface area contributed by atoms with Crippen LogP contribution in [0, 0.1) is 0 Å². The Morgan fingerprint density at radius 3 is 2.32 bits per heavy atom. The highest BCUT2D eigenvalue weighted by Gasteiger charge is 2.28. The van der Waals surface area contributed by atoms with Crippen molar-refractivity contribution < 1.29 is 4.79 Å². The van der Waals surface area contributed by atoms with Gasteiger partial charge in [-0.25, -0.2) is 0 Å². The Balaban J connectivity index is 1.76. The maximum absolute atomic E-state index is 13.8. The standard InChI is InChI=1S/C25H22ClN3OS/c26-20-11-5-7-13-22(20)31-25-23(24(30)28-16-14-27-15-17-28)19-10-4-6-12-21(19)29(25)18-8-2-1-3-9-18/h1-13,27H,14-17H2. The largest absolute Gasteiger partial charge is 0.336 e. The zero-order chi connectivity index (χ0) is 21.2. The Labute approximate surface area is 190 Å². The number of fused-ring (bicyclic) bond motifs is 1. The first-order valence-electron chi connectivity index (χ1n) is 10.4. The molecule has 4 nitrogen and oxygen atoms in total. The molecule has 0 radical (unpaired) electrons. The SMILES string of the molecule is O=C(c1c(Sc2ccccc2Cl)n(-c2ccccc2)c2ccccc12)N1CCNCC1. The molecule has 0 atom stereocenters. The van der Waals surface area contributed by atoms with Gasteiger partial charge in [0.05, 0.1) is 21.1 Å². The van der Waals surface area contributed by atoms with E-state index in [4.69, 9.17) is 11.6 Å². The van der Waals surface area contributed by atoms with Gasteiger partial charge in [-0.1, -0.05) is 71.9 Å². The summed E-state index contributed by atoms with van der Waals surface area (Å²) in [7, 11) is 0. The number of carbonyl (C=O) groups is 1. The summed E-state index contributed by atoms with van der Waals surface area (Å²) < 4.78 is 2.18. The quantitative estimate of drug-likeness (QED) is 0.450. The number of rotatable bonds is 4. The van der Waals surface area contributed by atoms with E-state index in [9.17, 15) is 4.79 Å². The fourth-order valence-corrected chi connectivity index (χ4v) is 5.38. The number of piperazine rings is 1. The molecule has 6 heteroatoms. The summed E-state index contributed by atoms with van der Waals surface area (Å²) in [4.78, 5) is 16.7. The topological polar surface area (TPSA) is 37.3 Å². The minimum Gasteiger partial charge on any atom is -0.336 e. The molecule has 0 spiro atoms. The molecule has 2 heterocycles. The molecular formula is C25H22ClN3OS. The van der Waals surface area contributed by atoms with Gasteiger partial charge < -0.3 is 14.8 Å². The Kier molecular flexibility index (Phi) is 5.72. The molecule has 1 aromatic heterocycles. The van der Waals surface area contributed by atoms with Crippen molar-refractivity contribution in [3.63, 3.8) is 0 Å². The summed E-state index contributed by atoms with van der Waals surface area (Å²) in [6.07, 6.45) is 0. The van der Waals surface area contributed by atoms with Crippen molar-refractivity contribution >= 4 is 40.2 Å². The van der Waals surface area contributed by atoms with E-state index in [1.807, 2.05) is 65.6 Å². The van der Waals surface area contributed by atoms with Gasteiger partial charge in [0, 0.05) is 42.1 Å². The molecule has 1 amide bonds. The monoisotopic (exact) mass is 447 g/mol. The predicted molar refractivity (Wildman–Crippen MR) is 128 cm³/mol. The molecule has 1 aliphatic rings. The molecule has 1 fully saturated rings. The van der Waals surface area contributed by atoms with Crippen LogP contribution in [0.25, 0.3) is 16.6 Å². The number of hydrogen-bond acceptors (Lipinski definition) is 3. The van der Waals surface area contributed by atoms with Gasteiger partial charge in [-0.3, -0.25) is 4.79 Å². The fraction of sp³-hybridized carbons (Fsp3) is 0.160. The number of para-hydroxylation sites is 2. The van der Waals surface area contributed by atoms with Gasteiger partial charge in [-0.05, 0) is 30.3 Å².